The van der Waals surface area contributed by atoms with Crippen LogP contribution < -0.4 is 26.4 Å². The van der Waals surface area contributed by atoms with Gasteiger partial charge in [0, 0.05) is 31.6 Å². The molecule has 1 fully saturated rings. The number of carbonyl (C=O) groups is 1. The summed E-state index contributed by atoms with van der Waals surface area (Å²) in [5.74, 6) is 1.28. The summed E-state index contributed by atoms with van der Waals surface area (Å²) in [6, 6.07) is 32.3. The fourth-order valence-corrected chi connectivity index (χ4v) is 7.08. The molecule has 7 rings (SSSR count). The van der Waals surface area contributed by atoms with Crippen LogP contribution >= 0.6 is 0 Å². The van der Waals surface area contributed by atoms with Gasteiger partial charge in [0.05, 0.1) is 0 Å². The van der Waals surface area contributed by atoms with Gasteiger partial charge in [-0.3, -0.25) is 4.79 Å². The van der Waals surface area contributed by atoms with Crippen LogP contribution in [0.4, 0.5) is 5.69 Å². The van der Waals surface area contributed by atoms with Gasteiger partial charge in [-0.15, -0.1) is 0 Å². The predicted molar refractivity (Wildman–Crippen MR) is 152 cm³/mol. The van der Waals surface area contributed by atoms with Gasteiger partial charge in [-0.25, -0.2) is 9.13 Å². The first kappa shape index (κ1) is 25.6. The van der Waals surface area contributed by atoms with Crippen LogP contribution in [0.15, 0.2) is 91.0 Å². The van der Waals surface area contributed by atoms with E-state index in [1.54, 1.807) is 0 Å². The first-order chi connectivity index (χ1) is 18.5. The summed E-state index contributed by atoms with van der Waals surface area (Å²) < 4.78 is 4.55. The molecule has 2 unspecified atom stereocenters. The summed E-state index contributed by atoms with van der Waals surface area (Å²) in [5.41, 5.74) is 6.08. The molecule has 0 aliphatic carbocycles. The number of anilines is 1. The monoisotopic (exact) mass is 580 g/mol. The van der Waals surface area contributed by atoms with E-state index in [4.69, 9.17) is 0 Å². The number of hydrogen-bond acceptors (Lipinski definition) is 2. The number of rotatable bonds is 4. The van der Waals surface area contributed by atoms with Gasteiger partial charge in [-0.05, 0) is 52.6 Å². The van der Waals surface area contributed by atoms with Crippen LogP contribution in [0.1, 0.15) is 30.3 Å². The van der Waals surface area contributed by atoms with Crippen molar-refractivity contribution in [3.8, 4) is 0 Å². The lowest BCUT2D eigenvalue weighted by atomic mass is 9.81. The number of amides is 1. The van der Waals surface area contributed by atoms with Crippen molar-refractivity contribution in [3.05, 3.63) is 108 Å². The standard InChI is InChI=1S/C33H33N4O.BrH/c1-23-36(21-24-16-17-25-10-4-5-11-26(25)20-24)29-14-8-9-15-30(29)37(23)22-31(38)35-19-18-33(2)27-12-6-7-13-28(27)34(3)32(33)35;/h4-17,20,32H,18-19,21-22H2,1-3H3;1H/q+1;/p-1. The Morgan fingerprint density at radius 1 is 0.949 bits per heavy atom. The van der Waals surface area contributed by atoms with Crippen molar-refractivity contribution in [2.75, 3.05) is 18.5 Å². The number of likely N-dealkylation sites (N-methyl/N-ethyl adjacent to an activating group) is 1. The molecule has 6 heteroatoms. The molecule has 2 aliphatic heterocycles. The van der Waals surface area contributed by atoms with E-state index in [1.165, 1.54) is 27.6 Å². The Hall–Kier alpha value is -3.64. The normalized spacial score (nSPS) is 19.8. The average molecular weight is 582 g/mol. The van der Waals surface area contributed by atoms with Crippen LogP contribution in [0, 0.1) is 6.92 Å². The van der Waals surface area contributed by atoms with Gasteiger partial charge >= 0.3 is 0 Å². The van der Waals surface area contributed by atoms with Crippen LogP contribution in [0.3, 0.4) is 0 Å². The fourth-order valence-electron chi connectivity index (χ4n) is 7.08. The summed E-state index contributed by atoms with van der Waals surface area (Å²) >= 11 is 0. The van der Waals surface area contributed by atoms with E-state index in [-0.39, 0.29) is 34.5 Å². The number of nitrogens with zero attached hydrogens (tertiary/aromatic N) is 4. The molecule has 0 saturated carbocycles. The average Bonchev–Trinajstić information content (AvgIpc) is 3.51. The maximum Gasteiger partial charge on any atom is 0.266 e. The molecular weight excluding hydrogens is 548 g/mol. The van der Waals surface area contributed by atoms with E-state index in [9.17, 15) is 4.79 Å². The third-order valence-corrected chi connectivity index (χ3v) is 9.02. The van der Waals surface area contributed by atoms with Crippen molar-refractivity contribution in [2.24, 2.45) is 0 Å². The molecule has 39 heavy (non-hydrogen) atoms. The molecule has 4 aromatic carbocycles. The van der Waals surface area contributed by atoms with Crippen molar-refractivity contribution in [1.29, 1.82) is 0 Å². The van der Waals surface area contributed by atoms with Gasteiger partial charge in [0.2, 0.25) is 0 Å². The van der Waals surface area contributed by atoms with Crippen molar-refractivity contribution in [1.82, 2.24) is 9.47 Å². The Balaban J connectivity index is 0.00000277. The molecule has 3 heterocycles. The molecule has 0 spiro atoms. The van der Waals surface area contributed by atoms with Crippen LogP contribution in [0.2, 0.25) is 0 Å². The van der Waals surface area contributed by atoms with Crippen LogP contribution in [-0.4, -0.2) is 35.1 Å². The Morgan fingerprint density at radius 2 is 1.67 bits per heavy atom. The molecule has 5 aromatic rings. The Morgan fingerprint density at radius 3 is 2.51 bits per heavy atom. The molecule has 2 aliphatic rings. The second-order valence-corrected chi connectivity index (χ2v) is 11.1. The molecule has 0 bridgehead atoms. The zero-order valence-electron chi connectivity index (χ0n) is 22.6. The van der Waals surface area contributed by atoms with Crippen molar-refractivity contribution >= 4 is 33.4 Å². The van der Waals surface area contributed by atoms with Crippen LogP contribution in [0.5, 0.6) is 0 Å². The second-order valence-electron chi connectivity index (χ2n) is 11.1. The van der Waals surface area contributed by atoms with Gasteiger partial charge in [0.15, 0.2) is 17.6 Å². The number of halogens is 1. The molecule has 0 radical (unpaired) electrons. The highest BCUT2D eigenvalue weighted by atomic mass is 79.9. The first-order valence-corrected chi connectivity index (χ1v) is 13.5. The maximum absolute atomic E-state index is 14.0. The number of imidazole rings is 1. The minimum Gasteiger partial charge on any atom is -1.00 e. The topological polar surface area (TPSA) is 32.4 Å². The fraction of sp³-hybridized carbons (Fsp3) is 0.273. The van der Waals surface area contributed by atoms with Crippen LogP contribution in [0.25, 0.3) is 21.8 Å². The summed E-state index contributed by atoms with van der Waals surface area (Å²) in [6.45, 7) is 6.35. The molecule has 0 N–H and O–H groups in total. The van der Waals surface area contributed by atoms with Crippen molar-refractivity contribution < 1.29 is 26.3 Å². The zero-order chi connectivity index (χ0) is 26.0. The number of likely N-dealkylation sites (tertiary alicyclic amines) is 1. The van der Waals surface area contributed by atoms with E-state index in [2.05, 4.69) is 131 Å². The molecule has 2 atom stereocenters. The maximum atomic E-state index is 14.0. The minimum absolute atomic E-state index is 0. The smallest absolute Gasteiger partial charge is 0.266 e. The largest absolute Gasteiger partial charge is 1.00 e. The summed E-state index contributed by atoms with van der Waals surface area (Å²) in [6.07, 6.45) is 1.04. The molecule has 5 nitrogen and oxygen atoms in total. The highest BCUT2D eigenvalue weighted by Crippen LogP contribution is 2.51. The summed E-state index contributed by atoms with van der Waals surface area (Å²) in [4.78, 5) is 18.4. The minimum atomic E-state index is -0.0369. The summed E-state index contributed by atoms with van der Waals surface area (Å²) in [5, 5.41) is 2.50. The van der Waals surface area contributed by atoms with Gasteiger partial charge in [-0.1, -0.05) is 73.7 Å². The highest BCUT2D eigenvalue weighted by molar-refractivity contribution is 5.83. The third kappa shape index (κ3) is 3.88. The number of fused-ring (bicyclic) bond motifs is 5. The number of carbonyl (C=O) groups excluding carboxylic acids is 1. The van der Waals surface area contributed by atoms with E-state index in [0.29, 0.717) is 6.54 Å². The number of benzene rings is 4. The molecule has 1 amide bonds. The van der Waals surface area contributed by atoms with E-state index in [1.807, 2.05) is 0 Å². The van der Waals surface area contributed by atoms with Gasteiger partial charge in [0.1, 0.15) is 12.7 Å². The predicted octanol–water partition coefficient (Wildman–Crippen LogP) is 2.41. The highest BCUT2D eigenvalue weighted by Gasteiger charge is 2.54. The Kier molecular flexibility index (Phi) is 6.26. The molecular formula is C33H33BrN4O. The molecule has 198 valence electrons. The lowest BCUT2D eigenvalue weighted by molar-refractivity contribution is -0.669. The number of para-hydroxylation sites is 3. The Labute approximate surface area is 240 Å². The van der Waals surface area contributed by atoms with Gasteiger partial charge in [-0.2, -0.15) is 0 Å². The van der Waals surface area contributed by atoms with E-state index >= 15 is 0 Å². The van der Waals surface area contributed by atoms with Gasteiger partial charge < -0.3 is 26.8 Å². The quantitative estimate of drug-likeness (QED) is 0.306. The van der Waals surface area contributed by atoms with E-state index in [0.717, 1.165) is 36.4 Å². The van der Waals surface area contributed by atoms with Crippen LogP contribution in [-0.2, 0) is 23.3 Å². The number of aromatic nitrogens is 2. The first-order valence-electron chi connectivity index (χ1n) is 13.5. The van der Waals surface area contributed by atoms with E-state index < -0.39 is 0 Å². The van der Waals surface area contributed by atoms with Gasteiger partial charge in [0.25, 0.3) is 11.7 Å². The number of hydrogen-bond donors (Lipinski definition) is 0. The lowest BCUT2D eigenvalue weighted by Gasteiger charge is -2.34. The molecule has 1 saturated heterocycles. The second kappa shape index (κ2) is 9.53. The molecule has 1 aromatic heterocycles. The lowest BCUT2D eigenvalue weighted by Crippen LogP contribution is -3.00. The third-order valence-electron chi connectivity index (χ3n) is 9.02. The van der Waals surface area contributed by atoms with Crippen molar-refractivity contribution in [3.63, 3.8) is 0 Å². The zero-order valence-corrected chi connectivity index (χ0v) is 24.2. The Bertz CT molecular complexity index is 1730. The SMILES string of the molecule is Cc1n(CC(=O)N2CCC3(C)c4ccccc4N(C)C23)c2ccccc2[n+]1Cc1ccc2ccccc2c1.[Br-]. The summed E-state index contributed by atoms with van der Waals surface area (Å²) in [7, 11) is 2.13. The van der Waals surface area contributed by atoms with Crippen molar-refractivity contribution in [2.45, 2.75) is 44.9 Å².